The van der Waals surface area contributed by atoms with Crippen LogP contribution in [-0.2, 0) is 14.4 Å². The number of anilines is 1. The highest BCUT2D eigenvalue weighted by Gasteiger charge is 2.29. The lowest BCUT2D eigenvalue weighted by molar-refractivity contribution is -0.121. The molecule has 2 aromatic rings. The molecule has 3 rings (SSSR count). The summed E-state index contributed by atoms with van der Waals surface area (Å²) in [6.07, 6.45) is 6.96. The SMILES string of the molecule is CN=C/C(CN(C)C=O)=C(/C)N.CNC(=O)/C(N)=C(/C=C(\N)NC(=O)C1CC1)Nc1cccc(-c2cnc(C)c(F)c2)c1OC. The number of carbonyl (C=O) groups is 3. The summed E-state index contributed by atoms with van der Waals surface area (Å²) < 4.78 is 19.7. The van der Waals surface area contributed by atoms with Crippen LogP contribution in [0.4, 0.5) is 10.1 Å². The Bertz CT molecular complexity index is 1510. The van der Waals surface area contributed by atoms with Crippen molar-refractivity contribution in [1.82, 2.24) is 20.5 Å². The Morgan fingerprint density at radius 2 is 1.93 bits per heavy atom. The third-order valence-electron chi connectivity index (χ3n) is 6.49. The maximum atomic E-state index is 14.1. The lowest BCUT2D eigenvalue weighted by Gasteiger charge is -2.17. The molecule has 0 aliphatic heterocycles. The maximum absolute atomic E-state index is 14.1. The Morgan fingerprint density at radius 1 is 1.24 bits per heavy atom. The zero-order valence-corrected chi connectivity index (χ0v) is 26.4. The third-order valence-corrected chi connectivity index (χ3v) is 6.49. The number of rotatable bonds is 12. The Labute approximate surface area is 262 Å². The van der Waals surface area contributed by atoms with Gasteiger partial charge in [-0.05, 0) is 38.8 Å². The number of para-hydroxylation sites is 1. The van der Waals surface area contributed by atoms with Crippen molar-refractivity contribution in [2.24, 2.45) is 28.1 Å². The molecule has 0 spiro atoms. The van der Waals surface area contributed by atoms with Crippen LogP contribution in [0.25, 0.3) is 11.1 Å². The van der Waals surface area contributed by atoms with Crippen LogP contribution in [0.1, 0.15) is 25.5 Å². The number of amides is 3. The number of aliphatic imine (C=N–C) groups is 1. The molecule has 1 fully saturated rings. The van der Waals surface area contributed by atoms with Gasteiger partial charge < -0.3 is 42.8 Å². The quantitative estimate of drug-likeness (QED) is 0.0883. The number of carbonyl (C=O) groups excluding carboxylic acids is 3. The fraction of sp³-hybridized carbons (Fsp3) is 0.323. The molecule has 45 heavy (non-hydrogen) atoms. The minimum absolute atomic E-state index is 0.0289. The molecule has 1 aliphatic rings. The molecule has 1 heterocycles. The highest BCUT2D eigenvalue weighted by molar-refractivity contribution is 5.94. The highest BCUT2D eigenvalue weighted by atomic mass is 19.1. The lowest BCUT2D eigenvalue weighted by Crippen LogP contribution is -2.31. The molecule has 1 aromatic carbocycles. The smallest absolute Gasteiger partial charge is 0.269 e. The Balaban J connectivity index is 0.000000498. The molecular formula is C31H42FN9O4. The van der Waals surface area contributed by atoms with Gasteiger partial charge in [0.05, 0.1) is 24.2 Å². The van der Waals surface area contributed by atoms with Gasteiger partial charge in [0.15, 0.2) is 0 Å². The fourth-order valence-electron chi connectivity index (χ4n) is 3.83. The second-order valence-corrected chi connectivity index (χ2v) is 10.2. The predicted molar refractivity (Wildman–Crippen MR) is 173 cm³/mol. The number of benzene rings is 1. The molecule has 1 aliphatic carbocycles. The molecule has 9 N–H and O–H groups in total. The number of hydrogen-bond donors (Lipinski definition) is 6. The first-order valence-electron chi connectivity index (χ1n) is 14.0. The number of methoxy groups -OCH3 is 1. The number of ether oxygens (including phenoxy) is 1. The van der Waals surface area contributed by atoms with Crippen LogP contribution in [-0.4, -0.2) is 69.1 Å². The Hall–Kier alpha value is -5.40. The molecule has 0 atom stereocenters. The summed E-state index contributed by atoms with van der Waals surface area (Å²) in [5.41, 5.74) is 20.9. The van der Waals surface area contributed by atoms with Gasteiger partial charge in [-0.25, -0.2) is 4.39 Å². The number of likely N-dealkylation sites (N-methyl/N-ethyl adjacent to an activating group) is 2. The number of nitrogens with two attached hydrogens (primary N) is 3. The molecule has 13 nitrogen and oxygen atoms in total. The van der Waals surface area contributed by atoms with Crippen LogP contribution >= 0.6 is 0 Å². The van der Waals surface area contributed by atoms with Gasteiger partial charge >= 0.3 is 0 Å². The summed E-state index contributed by atoms with van der Waals surface area (Å²) in [4.78, 5) is 43.9. The van der Waals surface area contributed by atoms with Crippen molar-refractivity contribution in [1.29, 1.82) is 0 Å². The first-order valence-corrected chi connectivity index (χ1v) is 14.0. The van der Waals surface area contributed by atoms with Gasteiger partial charge in [0.1, 0.15) is 23.1 Å². The van der Waals surface area contributed by atoms with E-state index in [9.17, 15) is 18.8 Å². The van der Waals surface area contributed by atoms with E-state index in [-0.39, 0.29) is 34.7 Å². The number of allylic oxidation sites excluding steroid dienone is 2. The largest absolute Gasteiger partial charge is 0.494 e. The second-order valence-electron chi connectivity index (χ2n) is 10.2. The molecule has 0 unspecified atom stereocenters. The Kier molecular flexibility index (Phi) is 13.5. The van der Waals surface area contributed by atoms with Crippen molar-refractivity contribution in [2.45, 2.75) is 26.7 Å². The van der Waals surface area contributed by atoms with E-state index >= 15 is 0 Å². The van der Waals surface area contributed by atoms with Gasteiger partial charge in [-0.1, -0.05) is 12.1 Å². The van der Waals surface area contributed by atoms with Crippen LogP contribution in [0.3, 0.4) is 0 Å². The maximum Gasteiger partial charge on any atom is 0.269 e. The monoisotopic (exact) mass is 623 g/mol. The van der Waals surface area contributed by atoms with Crippen molar-refractivity contribution in [2.75, 3.05) is 40.1 Å². The van der Waals surface area contributed by atoms with Crippen molar-refractivity contribution in [3.05, 3.63) is 76.5 Å². The van der Waals surface area contributed by atoms with Gasteiger partial charge in [0, 0.05) is 74.5 Å². The lowest BCUT2D eigenvalue weighted by atomic mass is 10.0. The number of halogens is 1. The van der Waals surface area contributed by atoms with Crippen LogP contribution in [0, 0.1) is 18.7 Å². The second kappa shape index (κ2) is 17.0. The van der Waals surface area contributed by atoms with E-state index in [4.69, 9.17) is 21.9 Å². The molecule has 0 radical (unpaired) electrons. The van der Waals surface area contributed by atoms with Crippen molar-refractivity contribution in [3.63, 3.8) is 0 Å². The minimum atomic E-state index is -0.546. The number of pyridine rings is 1. The van der Waals surface area contributed by atoms with E-state index in [1.165, 1.54) is 31.2 Å². The summed E-state index contributed by atoms with van der Waals surface area (Å²) in [7, 11) is 6.27. The average molecular weight is 624 g/mol. The minimum Gasteiger partial charge on any atom is -0.494 e. The van der Waals surface area contributed by atoms with Crippen LogP contribution in [0.2, 0.25) is 0 Å². The molecule has 3 amide bonds. The topological polar surface area (TPSA) is 203 Å². The third kappa shape index (κ3) is 10.7. The summed E-state index contributed by atoms with van der Waals surface area (Å²) in [5, 5.41) is 8.10. The van der Waals surface area contributed by atoms with Crippen LogP contribution in [0.5, 0.6) is 5.75 Å². The molecule has 0 saturated heterocycles. The summed E-state index contributed by atoms with van der Waals surface area (Å²) >= 11 is 0. The number of nitrogens with one attached hydrogen (secondary N) is 3. The van der Waals surface area contributed by atoms with E-state index in [2.05, 4.69) is 25.9 Å². The van der Waals surface area contributed by atoms with Gasteiger partial charge in [-0.15, -0.1) is 0 Å². The molecule has 1 saturated carbocycles. The van der Waals surface area contributed by atoms with Gasteiger partial charge in [0.2, 0.25) is 12.3 Å². The predicted octanol–water partition coefficient (Wildman–Crippen LogP) is 1.87. The summed E-state index contributed by atoms with van der Waals surface area (Å²) in [5.74, 6) is -0.821. The van der Waals surface area contributed by atoms with E-state index < -0.39 is 11.7 Å². The van der Waals surface area contributed by atoms with Crippen molar-refractivity contribution < 1.29 is 23.5 Å². The number of aryl methyl sites for hydroxylation is 1. The Morgan fingerprint density at radius 3 is 2.47 bits per heavy atom. The number of nitrogens with zero attached hydrogens (tertiary/aromatic N) is 3. The number of hydrogen-bond acceptors (Lipinski definition) is 10. The molecule has 1 aromatic heterocycles. The van der Waals surface area contributed by atoms with Crippen LogP contribution < -0.4 is 37.9 Å². The van der Waals surface area contributed by atoms with Gasteiger partial charge in [0.25, 0.3) is 5.91 Å². The summed E-state index contributed by atoms with van der Waals surface area (Å²) in [6, 6.07) is 6.55. The van der Waals surface area contributed by atoms with Gasteiger partial charge in [-0.3, -0.25) is 24.4 Å². The molecule has 0 bridgehead atoms. The first-order chi connectivity index (χ1) is 21.4. The fourth-order valence-corrected chi connectivity index (χ4v) is 3.83. The van der Waals surface area contributed by atoms with E-state index in [1.54, 1.807) is 58.6 Å². The van der Waals surface area contributed by atoms with Gasteiger partial charge in [-0.2, -0.15) is 0 Å². The average Bonchev–Trinajstić information content (AvgIpc) is 3.87. The van der Waals surface area contributed by atoms with E-state index in [1.807, 2.05) is 0 Å². The van der Waals surface area contributed by atoms with E-state index in [0.29, 0.717) is 34.8 Å². The molecular weight excluding hydrogens is 581 g/mol. The molecule has 242 valence electrons. The van der Waals surface area contributed by atoms with Crippen molar-refractivity contribution in [3.8, 4) is 16.9 Å². The zero-order valence-electron chi connectivity index (χ0n) is 26.4. The van der Waals surface area contributed by atoms with Crippen molar-refractivity contribution >= 4 is 30.1 Å². The zero-order chi connectivity index (χ0) is 33.7. The summed E-state index contributed by atoms with van der Waals surface area (Å²) in [6.45, 7) is 3.87. The standard InChI is InChI=1S/C23H27FN6O3.C8H15N3O/c1-12-16(24)9-14(11-28-12)15-5-4-6-17(21(15)33-3)29-18(20(26)23(32)27-2)10-19(25)30-22(31)13-7-8-13;1-7(9)8(4-10-2)5-11(3)6-12/h4-6,9-11,13,29H,7-8,25-26H2,1-3H3,(H,27,32)(H,30,31);4,6H,5,9H2,1-3H3/b19-10+,20-18+;8-7+,10-4?. The normalized spacial score (nSPS) is 13.9. The van der Waals surface area contributed by atoms with Crippen LogP contribution in [0.15, 0.2) is 70.0 Å². The van der Waals surface area contributed by atoms with E-state index in [0.717, 1.165) is 24.8 Å². The molecule has 14 heteroatoms. The first kappa shape index (κ1) is 35.8. The highest BCUT2D eigenvalue weighted by Crippen LogP contribution is 2.37. The number of aromatic nitrogens is 1.